The number of phenolic OH excluding ortho intramolecular Hbond substituents is 1. The van der Waals surface area contributed by atoms with Gasteiger partial charge in [-0.15, -0.1) is 0 Å². The molecule has 6 aromatic rings. The van der Waals surface area contributed by atoms with Crippen LogP contribution in [-0.2, 0) is 59.1 Å². The molecule has 1 heterocycles. The summed E-state index contributed by atoms with van der Waals surface area (Å²) in [5, 5.41) is 7.02. The molecule has 544 valence electrons. The van der Waals surface area contributed by atoms with Gasteiger partial charge in [0.05, 0.1) is 33.7 Å². The number of carbonyl (C=O) groups excluding carboxylic acids is 4. The largest absolute Gasteiger partial charge is 0.743 e. The number of hydrogen-bond donors (Lipinski definition) is 1. The van der Waals surface area contributed by atoms with Gasteiger partial charge in [0, 0.05) is 6.42 Å². The highest BCUT2D eigenvalue weighted by atomic mass is 32.2. The Balaban J connectivity index is 0.000000215. The molecule has 3 aliphatic carbocycles. The summed E-state index contributed by atoms with van der Waals surface area (Å²) >= 11 is 0. The van der Waals surface area contributed by atoms with Crippen molar-refractivity contribution < 1.29 is 69.7 Å². The van der Waals surface area contributed by atoms with Gasteiger partial charge in [-0.1, -0.05) is 146 Å². The number of esters is 4. The van der Waals surface area contributed by atoms with E-state index >= 15 is 0 Å². The number of carbonyl (C=O) groups is 4. The van der Waals surface area contributed by atoms with Crippen LogP contribution in [0.4, 0.5) is 8.78 Å². The maximum atomic E-state index is 13.0. The first-order valence-corrected chi connectivity index (χ1v) is 38.2. The normalized spacial score (nSPS) is 19.4. The van der Waals surface area contributed by atoms with Gasteiger partial charge in [-0.25, -0.2) is 13.2 Å². The van der Waals surface area contributed by atoms with E-state index in [0.29, 0.717) is 50.4 Å². The second-order valence-electron chi connectivity index (χ2n) is 29.0. The molecular weight excluding hydrogens is 1300 g/mol. The van der Waals surface area contributed by atoms with Crippen LogP contribution in [0.3, 0.4) is 0 Å². The van der Waals surface area contributed by atoms with Crippen LogP contribution in [0.2, 0.25) is 0 Å². The maximum Gasteiger partial charge on any atom is 0.369 e. The number of fused-ring (bicyclic) bond motifs is 3. The van der Waals surface area contributed by atoms with Crippen molar-refractivity contribution in [3.05, 3.63) is 163 Å². The Morgan fingerprint density at radius 1 is 0.636 bits per heavy atom. The van der Waals surface area contributed by atoms with Crippen LogP contribution in [-0.4, -0.2) is 77.2 Å². The van der Waals surface area contributed by atoms with Gasteiger partial charge < -0.3 is 33.3 Å². The third kappa shape index (κ3) is 23.6. The fourth-order valence-electron chi connectivity index (χ4n) is 11.7. The first kappa shape index (κ1) is 82.8. The number of aromatic hydroxyl groups is 1. The van der Waals surface area contributed by atoms with Crippen LogP contribution in [0.15, 0.2) is 166 Å². The molecule has 1 N–H and O–H groups in total. The lowest BCUT2D eigenvalue weighted by molar-refractivity contribution is -0.171. The van der Waals surface area contributed by atoms with Gasteiger partial charge in [-0.2, -0.15) is 8.78 Å². The van der Waals surface area contributed by atoms with E-state index < -0.39 is 50.3 Å². The van der Waals surface area contributed by atoms with Gasteiger partial charge in [0.2, 0.25) is 6.10 Å². The van der Waals surface area contributed by atoms with Crippen molar-refractivity contribution in [3.8, 4) is 11.5 Å². The Labute approximate surface area is 593 Å². The molecular formula is C82H112F2O13S2. The summed E-state index contributed by atoms with van der Waals surface area (Å²) in [7, 11) is -5.87. The average Bonchev–Trinajstić information content (AvgIpc) is 1.66. The molecule has 6 aromatic carbocycles. The van der Waals surface area contributed by atoms with E-state index in [1.54, 1.807) is 32.9 Å². The lowest BCUT2D eigenvalue weighted by atomic mass is 9.85. The monoisotopic (exact) mass is 1410 g/mol. The smallest absolute Gasteiger partial charge is 0.369 e. The Bertz CT molecular complexity index is 3500. The zero-order valence-corrected chi connectivity index (χ0v) is 63.3. The lowest BCUT2D eigenvalue weighted by Crippen LogP contribution is -2.44. The van der Waals surface area contributed by atoms with Crippen LogP contribution in [0.5, 0.6) is 11.5 Å². The number of phenols is 1. The lowest BCUT2D eigenvalue weighted by Gasteiger charge is -2.34. The van der Waals surface area contributed by atoms with Crippen LogP contribution < -0.4 is 4.74 Å². The summed E-state index contributed by atoms with van der Waals surface area (Å²) in [4.78, 5) is 50.1. The molecule has 13 nitrogen and oxygen atoms in total. The third-order valence-corrected chi connectivity index (χ3v) is 23.7. The van der Waals surface area contributed by atoms with E-state index in [1.807, 2.05) is 33.8 Å². The number of halogens is 2. The standard InChI is InChI=1S/C18H26O.C18H15S.C14H16O.C13H24O2.C10H16O4.C9H16F2O5S/c1-4-13(2)15-6-9-17(10-7-15)19-18(3)12-14-5-8-16(18)11-14;1-4-10-16(11-5-1)19(17-12-6-2-7-13-17)18-14-8-3-9-15-18;1-3-10(2)11-4-5-13-9-14(15)7-6-12(13)8-11;1-5-12(3,4)11(14)15-13(6-2)9-7-8-10-13;1-4-10(2,3)9(12)14-7-5-6-13-8(7)11;1-5-8(3,4)7(12)16-6(2)9(10,11)17(13,14)15/h6-7,9-10,13-14,16H,4-5,8,11-12H2,1-3H3;1-15H;4-10,15H,3H2,1-2H3;5-10H2,1-4H3;7H,4-6H2,1-3H3;6H,5H2,1-4H3,(H,13,14,15)/q;+1;;;;/p-1. The van der Waals surface area contributed by atoms with Crippen molar-refractivity contribution in [2.24, 2.45) is 28.1 Å². The molecule has 4 aliphatic rings. The quantitative estimate of drug-likeness (QED) is 0.0310. The molecule has 7 unspecified atom stereocenters. The first-order valence-electron chi connectivity index (χ1n) is 35.6. The molecule has 10 rings (SSSR count). The number of benzene rings is 6. The predicted octanol–water partition coefficient (Wildman–Crippen LogP) is 20.5. The minimum atomic E-state index is -5.86. The molecule has 7 atom stereocenters. The molecule has 99 heavy (non-hydrogen) atoms. The first-order chi connectivity index (χ1) is 46.5. The zero-order valence-electron chi connectivity index (χ0n) is 61.6. The second kappa shape index (κ2) is 37.2. The summed E-state index contributed by atoms with van der Waals surface area (Å²) in [6.45, 7) is 30.5. The Morgan fingerprint density at radius 3 is 1.54 bits per heavy atom. The third-order valence-electron chi connectivity index (χ3n) is 20.5. The highest BCUT2D eigenvalue weighted by Gasteiger charge is 2.50. The summed E-state index contributed by atoms with van der Waals surface area (Å²) in [5.74, 6) is 2.59. The van der Waals surface area contributed by atoms with E-state index in [0.717, 1.165) is 55.1 Å². The van der Waals surface area contributed by atoms with Gasteiger partial charge in [-0.05, 0) is 252 Å². The number of alkyl halides is 2. The van der Waals surface area contributed by atoms with Crippen LogP contribution in [0.1, 0.15) is 230 Å². The molecule has 0 aromatic heterocycles. The molecule has 4 fully saturated rings. The fourth-order valence-corrected chi connectivity index (χ4v) is 14.3. The van der Waals surface area contributed by atoms with Crippen molar-refractivity contribution in [2.45, 2.75) is 262 Å². The van der Waals surface area contributed by atoms with Gasteiger partial charge in [0.25, 0.3) is 0 Å². The molecule has 17 heteroatoms. The second-order valence-corrected chi connectivity index (χ2v) is 32.5. The van der Waals surface area contributed by atoms with Crippen LogP contribution >= 0.6 is 0 Å². The molecule has 0 radical (unpaired) electrons. The van der Waals surface area contributed by atoms with Crippen molar-refractivity contribution >= 4 is 55.7 Å². The van der Waals surface area contributed by atoms with Crippen molar-refractivity contribution in [2.75, 3.05) is 6.61 Å². The van der Waals surface area contributed by atoms with E-state index in [2.05, 4.69) is 180 Å². The predicted molar refractivity (Wildman–Crippen MR) is 391 cm³/mol. The molecule has 2 bridgehead atoms. The van der Waals surface area contributed by atoms with Gasteiger partial charge >= 0.3 is 29.1 Å². The van der Waals surface area contributed by atoms with Gasteiger partial charge in [0.1, 0.15) is 22.7 Å². The molecule has 1 aliphatic heterocycles. The summed E-state index contributed by atoms with van der Waals surface area (Å²) in [5.41, 5.74) is 0.887. The SMILES string of the molecule is CCC(C)(C)C(=O)OC(C)C(F)(F)S(=O)(=O)[O-].CCC(C)(C)C(=O)OC1CCOC1=O.CCC(C)c1ccc(OC2(C)CC3CCC2C3)cc1.CCC(C)c1ccc2cc(O)ccc2c1.CCC1(OC(=O)C(C)(C)CC)CCCC1.c1ccc([S+](c2ccccc2)c2ccccc2)cc1. The summed E-state index contributed by atoms with van der Waals surface area (Å²) < 4.78 is 83.1. The Hall–Kier alpha value is -6.82. The topological polar surface area (TPSA) is 192 Å². The van der Waals surface area contributed by atoms with E-state index in [1.165, 1.54) is 90.0 Å². The van der Waals surface area contributed by atoms with E-state index in [-0.39, 0.29) is 39.5 Å². The van der Waals surface area contributed by atoms with Crippen LogP contribution in [0, 0.1) is 28.1 Å². The van der Waals surface area contributed by atoms with Crippen LogP contribution in [0.25, 0.3) is 10.8 Å². The maximum absolute atomic E-state index is 13.0. The minimum absolute atomic E-state index is 0.0146. The number of hydrogen-bond acceptors (Lipinski definition) is 13. The van der Waals surface area contributed by atoms with E-state index in [4.69, 9.17) is 18.9 Å². The van der Waals surface area contributed by atoms with Crippen molar-refractivity contribution in [1.82, 2.24) is 0 Å². The fraction of sp³-hybridized carbons (Fsp3) is 0.537. The molecule has 1 saturated heterocycles. The number of rotatable bonds is 21. The highest BCUT2D eigenvalue weighted by Crippen LogP contribution is 2.52. The zero-order chi connectivity index (χ0) is 73.6. The Kier molecular flexibility index (Phi) is 31.1. The van der Waals surface area contributed by atoms with E-state index in [9.17, 15) is 46.0 Å². The highest BCUT2D eigenvalue weighted by molar-refractivity contribution is 7.97. The van der Waals surface area contributed by atoms with Crippen molar-refractivity contribution in [1.29, 1.82) is 0 Å². The molecule has 0 spiro atoms. The summed E-state index contributed by atoms with van der Waals surface area (Å²) in [6, 6.07) is 52.9. The molecule has 0 amide bonds. The number of ether oxygens (including phenoxy) is 5. The Morgan fingerprint density at radius 2 is 1.10 bits per heavy atom. The minimum Gasteiger partial charge on any atom is -0.743 e. The average molecular weight is 1410 g/mol. The molecule has 3 saturated carbocycles. The van der Waals surface area contributed by atoms with Gasteiger partial charge in [-0.3, -0.25) is 14.4 Å². The summed E-state index contributed by atoms with van der Waals surface area (Å²) in [6.07, 6.45) is 12.6. The van der Waals surface area contributed by atoms with Gasteiger partial charge in [0.15, 0.2) is 30.9 Å². The number of cyclic esters (lactones) is 1. The van der Waals surface area contributed by atoms with Crippen molar-refractivity contribution in [3.63, 3.8) is 0 Å².